The zero-order valence-corrected chi connectivity index (χ0v) is 9.34. The average Bonchev–Trinajstić information content (AvgIpc) is 2.40. The highest BCUT2D eigenvalue weighted by Gasteiger charge is 2.36. The van der Waals surface area contributed by atoms with Gasteiger partial charge >= 0.3 is 0 Å². The normalized spacial score (nSPS) is 35.3. The van der Waals surface area contributed by atoms with E-state index < -0.39 is 0 Å². The van der Waals surface area contributed by atoms with Gasteiger partial charge in [-0.05, 0) is 30.1 Å². The molecule has 0 spiro atoms. The van der Waals surface area contributed by atoms with Crippen molar-refractivity contribution >= 4 is 0 Å². The maximum Gasteiger partial charge on any atom is 0.00303 e. The Morgan fingerprint density at radius 1 is 1.08 bits per heavy atom. The van der Waals surface area contributed by atoms with Gasteiger partial charge < -0.3 is 4.90 Å². The van der Waals surface area contributed by atoms with Crippen molar-refractivity contribution in [2.45, 2.75) is 40.0 Å². The van der Waals surface area contributed by atoms with Gasteiger partial charge in [-0.15, -0.1) is 0 Å². The summed E-state index contributed by atoms with van der Waals surface area (Å²) in [6.07, 6.45) is 4.51. The summed E-state index contributed by atoms with van der Waals surface area (Å²) in [5.41, 5.74) is 0.485. The molecule has 1 nitrogen and oxygen atoms in total. The molecule has 2 rings (SSSR count). The third-order valence-electron chi connectivity index (χ3n) is 3.50. The SMILES string of the molecule is CC(C)(C)CN1C[C@H]2CCC[C@H]2C1. The van der Waals surface area contributed by atoms with Gasteiger partial charge in [-0.25, -0.2) is 0 Å². The Morgan fingerprint density at radius 3 is 2.08 bits per heavy atom. The van der Waals surface area contributed by atoms with Crippen molar-refractivity contribution in [2.24, 2.45) is 17.3 Å². The molecule has 1 heteroatoms. The molecule has 2 aliphatic rings. The lowest BCUT2D eigenvalue weighted by atomic mass is 9.96. The highest BCUT2D eigenvalue weighted by molar-refractivity contribution is 4.89. The molecule has 0 amide bonds. The van der Waals surface area contributed by atoms with Crippen LogP contribution in [0.25, 0.3) is 0 Å². The van der Waals surface area contributed by atoms with Crippen molar-refractivity contribution in [3.8, 4) is 0 Å². The number of likely N-dealkylation sites (tertiary alicyclic amines) is 1. The van der Waals surface area contributed by atoms with Crippen molar-refractivity contribution in [1.29, 1.82) is 0 Å². The van der Waals surface area contributed by atoms with E-state index in [9.17, 15) is 0 Å². The molecule has 0 radical (unpaired) electrons. The molecule has 1 saturated heterocycles. The minimum absolute atomic E-state index is 0.485. The first-order valence-corrected chi connectivity index (χ1v) is 5.77. The highest BCUT2D eigenvalue weighted by atomic mass is 15.2. The van der Waals surface area contributed by atoms with Gasteiger partial charge in [0.2, 0.25) is 0 Å². The van der Waals surface area contributed by atoms with Gasteiger partial charge in [0.05, 0.1) is 0 Å². The molecular formula is C12H23N. The smallest absolute Gasteiger partial charge is 0.00303 e. The molecule has 1 aliphatic carbocycles. The second-order valence-electron chi connectivity index (χ2n) is 6.21. The first kappa shape index (κ1) is 9.51. The molecule has 1 heterocycles. The fourth-order valence-corrected chi connectivity index (χ4v) is 3.13. The van der Waals surface area contributed by atoms with Crippen LogP contribution >= 0.6 is 0 Å². The Kier molecular flexibility index (Phi) is 2.39. The van der Waals surface area contributed by atoms with Crippen molar-refractivity contribution < 1.29 is 0 Å². The van der Waals surface area contributed by atoms with Crippen LogP contribution in [0.15, 0.2) is 0 Å². The lowest BCUT2D eigenvalue weighted by Crippen LogP contribution is -2.31. The summed E-state index contributed by atoms with van der Waals surface area (Å²) < 4.78 is 0. The first-order chi connectivity index (χ1) is 6.04. The van der Waals surface area contributed by atoms with Gasteiger partial charge in [0.1, 0.15) is 0 Å². The number of rotatable bonds is 1. The minimum Gasteiger partial charge on any atom is -0.302 e. The molecule has 0 N–H and O–H groups in total. The number of fused-ring (bicyclic) bond motifs is 1. The molecule has 2 fully saturated rings. The Labute approximate surface area is 82.5 Å². The van der Waals surface area contributed by atoms with E-state index in [2.05, 4.69) is 25.7 Å². The zero-order chi connectivity index (χ0) is 9.47. The molecule has 2 atom stereocenters. The summed E-state index contributed by atoms with van der Waals surface area (Å²) in [6, 6.07) is 0. The second kappa shape index (κ2) is 3.27. The van der Waals surface area contributed by atoms with E-state index in [0.29, 0.717) is 5.41 Å². The van der Waals surface area contributed by atoms with Crippen molar-refractivity contribution in [3.63, 3.8) is 0 Å². The fourth-order valence-electron chi connectivity index (χ4n) is 3.13. The van der Waals surface area contributed by atoms with Gasteiger partial charge in [-0.2, -0.15) is 0 Å². The maximum absolute atomic E-state index is 2.69. The van der Waals surface area contributed by atoms with E-state index in [1.165, 1.54) is 38.9 Å². The zero-order valence-electron chi connectivity index (χ0n) is 9.34. The fraction of sp³-hybridized carbons (Fsp3) is 1.00. The summed E-state index contributed by atoms with van der Waals surface area (Å²) >= 11 is 0. The van der Waals surface area contributed by atoms with E-state index in [1.54, 1.807) is 0 Å². The molecule has 1 saturated carbocycles. The van der Waals surface area contributed by atoms with Gasteiger partial charge in [0.25, 0.3) is 0 Å². The molecule has 13 heavy (non-hydrogen) atoms. The summed E-state index contributed by atoms with van der Waals surface area (Å²) in [6.45, 7) is 11.1. The quantitative estimate of drug-likeness (QED) is 0.601. The summed E-state index contributed by atoms with van der Waals surface area (Å²) in [4.78, 5) is 2.69. The van der Waals surface area contributed by atoms with Crippen LogP contribution in [0.4, 0.5) is 0 Å². The van der Waals surface area contributed by atoms with Gasteiger partial charge in [0.15, 0.2) is 0 Å². The van der Waals surface area contributed by atoms with E-state index in [0.717, 1.165) is 11.8 Å². The average molecular weight is 181 g/mol. The van der Waals surface area contributed by atoms with Crippen molar-refractivity contribution in [1.82, 2.24) is 4.90 Å². The van der Waals surface area contributed by atoms with Gasteiger partial charge in [0, 0.05) is 19.6 Å². The Balaban J connectivity index is 1.85. The van der Waals surface area contributed by atoms with Crippen LogP contribution in [0.5, 0.6) is 0 Å². The first-order valence-electron chi connectivity index (χ1n) is 5.77. The molecule has 0 unspecified atom stereocenters. The van der Waals surface area contributed by atoms with Crippen LogP contribution in [0.3, 0.4) is 0 Å². The summed E-state index contributed by atoms with van der Waals surface area (Å²) in [5.74, 6) is 2.12. The molecule has 1 aliphatic heterocycles. The number of nitrogens with zero attached hydrogens (tertiary/aromatic N) is 1. The lowest BCUT2D eigenvalue weighted by molar-refractivity contribution is 0.214. The molecule has 76 valence electrons. The van der Waals surface area contributed by atoms with Crippen LogP contribution in [0.1, 0.15) is 40.0 Å². The molecule has 0 aromatic heterocycles. The van der Waals surface area contributed by atoms with E-state index in [4.69, 9.17) is 0 Å². The lowest BCUT2D eigenvalue weighted by Gasteiger charge is -2.26. The number of hydrogen-bond acceptors (Lipinski definition) is 1. The van der Waals surface area contributed by atoms with E-state index >= 15 is 0 Å². The summed E-state index contributed by atoms with van der Waals surface area (Å²) in [7, 11) is 0. The molecule has 0 aromatic rings. The van der Waals surface area contributed by atoms with Crippen LogP contribution in [0.2, 0.25) is 0 Å². The molecule has 0 bridgehead atoms. The third-order valence-corrected chi connectivity index (χ3v) is 3.50. The minimum atomic E-state index is 0.485. The van der Waals surface area contributed by atoms with Crippen LogP contribution in [0, 0.1) is 17.3 Å². The monoisotopic (exact) mass is 181 g/mol. The molecule has 0 aromatic carbocycles. The predicted octanol–water partition coefficient (Wildman–Crippen LogP) is 2.76. The Morgan fingerprint density at radius 2 is 1.62 bits per heavy atom. The topological polar surface area (TPSA) is 3.24 Å². The van der Waals surface area contributed by atoms with E-state index in [-0.39, 0.29) is 0 Å². The van der Waals surface area contributed by atoms with Crippen LogP contribution < -0.4 is 0 Å². The van der Waals surface area contributed by atoms with Crippen molar-refractivity contribution in [3.05, 3.63) is 0 Å². The van der Waals surface area contributed by atoms with Gasteiger partial charge in [-0.1, -0.05) is 27.2 Å². The standard InChI is InChI=1S/C12H23N/c1-12(2,3)9-13-7-10-5-4-6-11(10)8-13/h10-11H,4-9H2,1-3H3/t10-,11+. The Hall–Kier alpha value is -0.0400. The second-order valence-corrected chi connectivity index (χ2v) is 6.21. The van der Waals surface area contributed by atoms with E-state index in [1.807, 2.05) is 0 Å². The predicted molar refractivity (Wildman–Crippen MR) is 56.7 cm³/mol. The third kappa shape index (κ3) is 2.25. The molecular weight excluding hydrogens is 158 g/mol. The Bertz CT molecular complexity index is 168. The van der Waals surface area contributed by atoms with Crippen LogP contribution in [-0.2, 0) is 0 Å². The summed E-state index contributed by atoms with van der Waals surface area (Å²) in [5, 5.41) is 0. The number of hydrogen-bond donors (Lipinski definition) is 0. The maximum atomic E-state index is 2.69. The van der Waals surface area contributed by atoms with Crippen molar-refractivity contribution in [2.75, 3.05) is 19.6 Å². The van der Waals surface area contributed by atoms with Crippen LogP contribution in [-0.4, -0.2) is 24.5 Å². The highest BCUT2D eigenvalue weighted by Crippen LogP contribution is 2.38. The van der Waals surface area contributed by atoms with Gasteiger partial charge in [-0.3, -0.25) is 0 Å². The largest absolute Gasteiger partial charge is 0.302 e.